The summed E-state index contributed by atoms with van der Waals surface area (Å²) in [4.78, 5) is 0. The number of ether oxygens (including phenoxy) is 1. The molecule has 1 aromatic rings. The summed E-state index contributed by atoms with van der Waals surface area (Å²) < 4.78 is 28.3. The number of alkyl halides is 2. The Kier molecular flexibility index (Phi) is 6.50. The van der Waals surface area contributed by atoms with Gasteiger partial charge < -0.3 is 10.1 Å². The van der Waals surface area contributed by atoms with Gasteiger partial charge in [0.05, 0.1) is 0 Å². The van der Waals surface area contributed by atoms with Gasteiger partial charge in [-0.1, -0.05) is 24.3 Å². The Morgan fingerprint density at radius 1 is 1.32 bits per heavy atom. The van der Waals surface area contributed by atoms with Gasteiger partial charge in [0.25, 0.3) is 0 Å². The number of aryl methyl sites for hydroxylation is 1. The Morgan fingerprint density at radius 3 is 2.47 bits per heavy atom. The van der Waals surface area contributed by atoms with Crippen molar-refractivity contribution < 1.29 is 13.5 Å². The summed E-state index contributed by atoms with van der Waals surface area (Å²) in [5.41, 5.74) is 2.23. The quantitative estimate of drug-likeness (QED) is 0.725. The lowest BCUT2D eigenvalue weighted by atomic mass is 10.1. The van der Waals surface area contributed by atoms with E-state index in [4.69, 9.17) is 0 Å². The van der Waals surface area contributed by atoms with Gasteiger partial charge in [-0.15, -0.1) is 0 Å². The number of hydrogen-bond donors (Lipinski definition) is 1. The fraction of sp³-hybridized carbons (Fsp3) is 0.467. The van der Waals surface area contributed by atoms with Crippen LogP contribution in [0.15, 0.2) is 36.4 Å². The molecule has 0 aliphatic heterocycles. The van der Waals surface area contributed by atoms with Crippen molar-refractivity contribution in [3.8, 4) is 5.75 Å². The number of nitrogens with one attached hydrogen (secondary N) is 1. The average molecular weight is 269 g/mol. The molecule has 0 amide bonds. The number of hydrogen-bond acceptors (Lipinski definition) is 2. The minimum Gasteiger partial charge on any atom is -0.435 e. The summed E-state index contributed by atoms with van der Waals surface area (Å²) in [5.74, 6) is 0.201. The molecule has 0 aromatic heterocycles. The number of benzene rings is 1. The zero-order chi connectivity index (χ0) is 14.3. The largest absolute Gasteiger partial charge is 0.435 e. The van der Waals surface area contributed by atoms with E-state index in [2.05, 4.69) is 23.6 Å². The van der Waals surface area contributed by atoms with Gasteiger partial charge in [-0.2, -0.15) is 8.78 Å². The van der Waals surface area contributed by atoms with E-state index in [1.807, 2.05) is 19.1 Å². The van der Waals surface area contributed by atoms with Crippen LogP contribution in [0, 0.1) is 0 Å². The molecule has 0 aliphatic rings. The molecule has 0 spiro atoms. The monoisotopic (exact) mass is 269 g/mol. The van der Waals surface area contributed by atoms with Crippen LogP contribution in [0.25, 0.3) is 0 Å². The Balaban J connectivity index is 2.35. The first-order valence-electron chi connectivity index (χ1n) is 6.39. The SMILES string of the molecule is C=C(C)CNC(C)CCc1ccc(OC(F)F)cc1. The highest BCUT2D eigenvalue weighted by molar-refractivity contribution is 5.27. The van der Waals surface area contributed by atoms with E-state index in [0.717, 1.165) is 30.5 Å². The van der Waals surface area contributed by atoms with Crippen molar-refractivity contribution in [3.63, 3.8) is 0 Å². The summed E-state index contributed by atoms with van der Waals surface area (Å²) in [7, 11) is 0. The van der Waals surface area contributed by atoms with Crippen molar-refractivity contribution in [2.45, 2.75) is 39.3 Å². The molecule has 0 heterocycles. The molecule has 19 heavy (non-hydrogen) atoms. The number of halogens is 2. The first-order chi connectivity index (χ1) is 8.97. The predicted molar refractivity (Wildman–Crippen MR) is 73.7 cm³/mol. The summed E-state index contributed by atoms with van der Waals surface area (Å²) in [6, 6.07) is 7.20. The van der Waals surface area contributed by atoms with E-state index in [1.54, 1.807) is 12.1 Å². The number of rotatable bonds is 8. The van der Waals surface area contributed by atoms with Gasteiger partial charge in [-0.05, 0) is 44.4 Å². The molecule has 1 aromatic carbocycles. The maximum absolute atomic E-state index is 12.0. The Hall–Kier alpha value is -1.42. The maximum atomic E-state index is 12.0. The van der Waals surface area contributed by atoms with Crippen LogP contribution in [0.4, 0.5) is 8.78 Å². The van der Waals surface area contributed by atoms with Crippen LogP contribution >= 0.6 is 0 Å². The third-order valence-corrected chi connectivity index (χ3v) is 2.77. The fourth-order valence-electron chi connectivity index (χ4n) is 1.67. The zero-order valence-electron chi connectivity index (χ0n) is 11.5. The van der Waals surface area contributed by atoms with Gasteiger partial charge in [0.2, 0.25) is 0 Å². The molecule has 0 radical (unpaired) electrons. The highest BCUT2D eigenvalue weighted by Crippen LogP contribution is 2.16. The third-order valence-electron chi connectivity index (χ3n) is 2.77. The minimum atomic E-state index is -2.77. The highest BCUT2D eigenvalue weighted by Gasteiger charge is 2.05. The van der Waals surface area contributed by atoms with Crippen LogP contribution < -0.4 is 10.1 Å². The maximum Gasteiger partial charge on any atom is 0.387 e. The van der Waals surface area contributed by atoms with Gasteiger partial charge in [-0.3, -0.25) is 0 Å². The third kappa shape index (κ3) is 6.91. The van der Waals surface area contributed by atoms with Crippen LogP contribution in [-0.4, -0.2) is 19.2 Å². The second-order valence-electron chi connectivity index (χ2n) is 4.80. The lowest BCUT2D eigenvalue weighted by molar-refractivity contribution is -0.0498. The van der Waals surface area contributed by atoms with Crippen molar-refractivity contribution in [3.05, 3.63) is 42.0 Å². The Bertz CT molecular complexity index is 390. The van der Waals surface area contributed by atoms with E-state index in [0.29, 0.717) is 6.04 Å². The molecule has 106 valence electrons. The second kappa shape index (κ2) is 7.89. The molecule has 1 rings (SSSR count). The summed E-state index contributed by atoms with van der Waals surface area (Å²) in [6.45, 7) is 6.01. The van der Waals surface area contributed by atoms with Crippen LogP contribution in [0.5, 0.6) is 5.75 Å². The van der Waals surface area contributed by atoms with Crippen molar-refractivity contribution in [2.75, 3.05) is 6.54 Å². The second-order valence-corrected chi connectivity index (χ2v) is 4.80. The molecular weight excluding hydrogens is 248 g/mol. The Labute approximate surface area is 113 Å². The summed E-state index contributed by atoms with van der Waals surface area (Å²) in [5, 5.41) is 3.37. The molecule has 0 aliphatic carbocycles. The molecule has 0 saturated heterocycles. The van der Waals surface area contributed by atoms with Gasteiger partial charge in [0.15, 0.2) is 0 Å². The van der Waals surface area contributed by atoms with Crippen molar-refractivity contribution in [1.29, 1.82) is 0 Å². The van der Waals surface area contributed by atoms with Gasteiger partial charge in [0, 0.05) is 12.6 Å². The van der Waals surface area contributed by atoms with Crippen LogP contribution in [0.2, 0.25) is 0 Å². The van der Waals surface area contributed by atoms with Gasteiger partial charge in [-0.25, -0.2) is 0 Å². The lowest BCUT2D eigenvalue weighted by Crippen LogP contribution is -2.27. The molecule has 0 saturated carbocycles. The lowest BCUT2D eigenvalue weighted by Gasteiger charge is -2.13. The van der Waals surface area contributed by atoms with E-state index >= 15 is 0 Å². The molecular formula is C15H21F2NO. The van der Waals surface area contributed by atoms with E-state index in [1.165, 1.54) is 0 Å². The van der Waals surface area contributed by atoms with Crippen molar-refractivity contribution >= 4 is 0 Å². The zero-order valence-corrected chi connectivity index (χ0v) is 11.5. The minimum absolute atomic E-state index is 0.201. The molecule has 1 atom stereocenters. The van der Waals surface area contributed by atoms with E-state index in [-0.39, 0.29) is 5.75 Å². The van der Waals surface area contributed by atoms with Crippen molar-refractivity contribution in [1.82, 2.24) is 5.32 Å². The molecule has 4 heteroatoms. The van der Waals surface area contributed by atoms with Gasteiger partial charge >= 0.3 is 6.61 Å². The first-order valence-corrected chi connectivity index (χ1v) is 6.39. The van der Waals surface area contributed by atoms with Gasteiger partial charge in [0.1, 0.15) is 5.75 Å². The summed E-state index contributed by atoms with van der Waals surface area (Å²) in [6.07, 6.45) is 1.89. The topological polar surface area (TPSA) is 21.3 Å². The molecule has 2 nitrogen and oxygen atoms in total. The average Bonchev–Trinajstić information content (AvgIpc) is 2.35. The predicted octanol–water partition coefficient (Wildman–Crippen LogP) is 3.77. The molecule has 0 fully saturated rings. The van der Waals surface area contributed by atoms with Crippen molar-refractivity contribution in [2.24, 2.45) is 0 Å². The fourth-order valence-corrected chi connectivity index (χ4v) is 1.67. The van der Waals surface area contributed by atoms with E-state index in [9.17, 15) is 8.78 Å². The van der Waals surface area contributed by atoms with Crippen LogP contribution in [-0.2, 0) is 6.42 Å². The molecule has 1 N–H and O–H groups in total. The summed E-state index contributed by atoms with van der Waals surface area (Å²) >= 11 is 0. The molecule has 0 bridgehead atoms. The van der Waals surface area contributed by atoms with Crippen LogP contribution in [0.3, 0.4) is 0 Å². The Morgan fingerprint density at radius 2 is 1.95 bits per heavy atom. The standard InChI is InChI=1S/C15H21F2NO/c1-11(2)10-18-12(3)4-5-13-6-8-14(9-7-13)19-15(16)17/h6-9,12,15,18H,1,4-5,10H2,2-3H3. The smallest absolute Gasteiger partial charge is 0.387 e. The van der Waals surface area contributed by atoms with Crippen LogP contribution in [0.1, 0.15) is 25.8 Å². The molecule has 1 unspecified atom stereocenters. The highest BCUT2D eigenvalue weighted by atomic mass is 19.3. The first kappa shape index (κ1) is 15.6. The van der Waals surface area contributed by atoms with E-state index < -0.39 is 6.61 Å². The normalized spacial score (nSPS) is 12.5.